The van der Waals surface area contributed by atoms with E-state index in [1.807, 2.05) is 55.5 Å². The Kier molecular flexibility index (Phi) is 5.16. The minimum Gasteiger partial charge on any atom is -0.494 e. The fourth-order valence-corrected chi connectivity index (χ4v) is 3.19. The molecule has 0 aliphatic heterocycles. The van der Waals surface area contributed by atoms with Gasteiger partial charge in [0.1, 0.15) is 16.9 Å². The molecule has 4 aromatic rings. The van der Waals surface area contributed by atoms with Crippen molar-refractivity contribution in [2.45, 2.75) is 6.92 Å². The lowest BCUT2D eigenvalue weighted by Crippen LogP contribution is -2.21. The number of hydrogen-bond donors (Lipinski definition) is 1. The van der Waals surface area contributed by atoms with Crippen molar-refractivity contribution >= 4 is 39.0 Å². The number of fused-ring (bicyclic) bond motifs is 1. The molecular weight excluding hydrogens is 374 g/mol. The molecule has 140 valence electrons. The lowest BCUT2D eigenvalue weighted by atomic mass is 10.2. The van der Waals surface area contributed by atoms with Gasteiger partial charge in [-0.1, -0.05) is 18.2 Å². The summed E-state index contributed by atoms with van der Waals surface area (Å²) in [5.74, 6) is 0.438. The second-order valence-corrected chi connectivity index (χ2v) is 6.73. The Labute approximate surface area is 165 Å². The molecule has 0 saturated carbocycles. The Balaban J connectivity index is 1.79. The van der Waals surface area contributed by atoms with E-state index in [0.29, 0.717) is 28.6 Å². The van der Waals surface area contributed by atoms with Gasteiger partial charge in [-0.2, -0.15) is 0 Å². The fraction of sp³-hybridized carbons (Fsp3) is 0.0952. The topological polar surface area (TPSA) is 76.7 Å². The molecule has 0 saturated heterocycles. The summed E-state index contributed by atoms with van der Waals surface area (Å²) in [4.78, 5) is 21.5. The Hall–Kier alpha value is -3.45. The molecule has 7 heteroatoms. The molecule has 1 amide bonds. The maximum absolute atomic E-state index is 12.8. The molecule has 0 fully saturated rings. The van der Waals surface area contributed by atoms with Crippen LogP contribution in [0.5, 0.6) is 5.75 Å². The van der Waals surface area contributed by atoms with Crippen LogP contribution in [0.1, 0.15) is 17.3 Å². The van der Waals surface area contributed by atoms with Crippen molar-refractivity contribution < 1.29 is 13.9 Å². The molecule has 0 spiro atoms. The van der Waals surface area contributed by atoms with Crippen molar-refractivity contribution in [1.29, 1.82) is 0 Å². The maximum atomic E-state index is 12.8. The van der Waals surface area contributed by atoms with Crippen LogP contribution in [0.2, 0.25) is 0 Å². The van der Waals surface area contributed by atoms with Gasteiger partial charge in [0.2, 0.25) is 5.55 Å². The zero-order valence-electron chi connectivity index (χ0n) is 15.1. The van der Waals surface area contributed by atoms with E-state index in [2.05, 4.69) is 15.3 Å². The van der Waals surface area contributed by atoms with E-state index in [9.17, 15) is 4.79 Å². The van der Waals surface area contributed by atoms with Crippen molar-refractivity contribution in [1.82, 2.24) is 4.98 Å². The van der Waals surface area contributed by atoms with E-state index in [1.165, 1.54) is 11.3 Å². The van der Waals surface area contributed by atoms with Gasteiger partial charge >= 0.3 is 0 Å². The number of nitrogens with one attached hydrogen (secondary N) is 1. The van der Waals surface area contributed by atoms with E-state index >= 15 is 0 Å². The zero-order chi connectivity index (χ0) is 19.3. The van der Waals surface area contributed by atoms with Crippen LogP contribution in [0.3, 0.4) is 0 Å². The molecule has 2 aromatic heterocycles. The summed E-state index contributed by atoms with van der Waals surface area (Å²) in [7, 11) is 0. The molecule has 0 aliphatic carbocycles. The summed E-state index contributed by atoms with van der Waals surface area (Å²) in [6, 6.07) is 16.6. The molecular formula is C21H17N3O3S. The molecule has 4 rings (SSSR count). The summed E-state index contributed by atoms with van der Waals surface area (Å²) in [6.07, 6.45) is 1.64. The van der Waals surface area contributed by atoms with Crippen LogP contribution in [0.4, 0.5) is 10.8 Å². The van der Waals surface area contributed by atoms with Crippen LogP contribution >= 0.6 is 11.3 Å². The third kappa shape index (κ3) is 3.94. The predicted molar refractivity (Wildman–Crippen MR) is 109 cm³/mol. The summed E-state index contributed by atoms with van der Waals surface area (Å²) in [5, 5.41) is 5.92. The molecule has 1 N–H and O–H groups in total. The van der Waals surface area contributed by atoms with Crippen LogP contribution in [0.15, 0.2) is 75.6 Å². The number of benzene rings is 2. The zero-order valence-corrected chi connectivity index (χ0v) is 15.9. The largest absolute Gasteiger partial charge is 0.494 e. The van der Waals surface area contributed by atoms with Gasteiger partial charge in [-0.25, -0.2) is 9.98 Å². The molecule has 0 bridgehead atoms. The van der Waals surface area contributed by atoms with Crippen molar-refractivity contribution in [2.24, 2.45) is 4.99 Å². The van der Waals surface area contributed by atoms with E-state index < -0.39 is 0 Å². The van der Waals surface area contributed by atoms with Crippen LogP contribution in [0.25, 0.3) is 11.0 Å². The Morgan fingerprint density at radius 2 is 2.04 bits per heavy atom. The first-order chi connectivity index (χ1) is 13.7. The first-order valence-electron chi connectivity index (χ1n) is 8.74. The second kappa shape index (κ2) is 8.06. The summed E-state index contributed by atoms with van der Waals surface area (Å²) < 4.78 is 11.4. The SMILES string of the molecule is CCOc1ccc(N=c2oc3ccccc3cc2C(=O)Nc2nccs2)cc1. The maximum Gasteiger partial charge on any atom is 0.262 e. The number of thiazole rings is 1. The molecule has 0 atom stereocenters. The van der Waals surface area contributed by atoms with Crippen molar-refractivity contribution in [3.8, 4) is 5.75 Å². The standard InChI is InChI=1S/C21H17N3O3S/c1-2-26-16-9-7-15(8-10-16)23-20-17(19(25)24-21-22-11-12-28-21)13-14-5-3-4-6-18(14)27-20/h3-13H,2H2,1H3,(H,22,24,25). The van der Waals surface area contributed by atoms with Gasteiger partial charge < -0.3 is 9.15 Å². The van der Waals surface area contributed by atoms with Gasteiger partial charge in [0, 0.05) is 17.0 Å². The summed E-state index contributed by atoms with van der Waals surface area (Å²) >= 11 is 1.35. The molecule has 0 unspecified atom stereocenters. The molecule has 2 aromatic carbocycles. The molecule has 0 radical (unpaired) electrons. The third-order valence-corrected chi connectivity index (χ3v) is 4.62. The van der Waals surface area contributed by atoms with Crippen molar-refractivity contribution in [3.05, 3.63) is 77.3 Å². The molecule has 28 heavy (non-hydrogen) atoms. The first-order valence-corrected chi connectivity index (χ1v) is 9.62. The van der Waals surface area contributed by atoms with Gasteiger partial charge in [0.25, 0.3) is 5.91 Å². The highest BCUT2D eigenvalue weighted by Gasteiger charge is 2.14. The Morgan fingerprint density at radius 3 is 2.79 bits per heavy atom. The van der Waals surface area contributed by atoms with Crippen LogP contribution < -0.4 is 15.6 Å². The average Bonchev–Trinajstić information content (AvgIpc) is 3.22. The fourth-order valence-electron chi connectivity index (χ4n) is 2.67. The quantitative estimate of drug-likeness (QED) is 0.531. The summed E-state index contributed by atoms with van der Waals surface area (Å²) in [5.41, 5.74) is 1.88. The van der Waals surface area contributed by atoms with Crippen LogP contribution in [-0.2, 0) is 0 Å². The van der Waals surface area contributed by atoms with Crippen molar-refractivity contribution in [3.63, 3.8) is 0 Å². The molecule has 2 heterocycles. The number of hydrogen-bond acceptors (Lipinski definition) is 6. The van der Waals surface area contributed by atoms with Crippen molar-refractivity contribution in [2.75, 3.05) is 11.9 Å². The number of anilines is 1. The van der Waals surface area contributed by atoms with Crippen LogP contribution in [0, 0.1) is 0 Å². The van der Waals surface area contributed by atoms with Gasteiger partial charge in [-0.05, 0) is 43.3 Å². The van der Waals surface area contributed by atoms with Gasteiger partial charge in [0.05, 0.1) is 12.3 Å². The number of rotatable bonds is 5. The number of amides is 1. The molecule has 0 aliphatic rings. The van der Waals surface area contributed by atoms with E-state index in [4.69, 9.17) is 9.15 Å². The number of para-hydroxylation sites is 1. The summed E-state index contributed by atoms with van der Waals surface area (Å²) in [6.45, 7) is 2.52. The average molecular weight is 391 g/mol. The van der Waals surface area contributed by atoms with E-state index in [-0.39, 0.29) is 11.5 Å². The van der Waals surface area contributed by atoms with Gasteiger partial charge in [-0.3, -0.25) is 10.1 Å². The number of ether oxygens (including phenoxy) is 1. The van der Waals surface area contributed by atoms with Crippen LogP contribution in [-0.4, -0.2) is 17.5 Å². The second-order valence-electron chi connectivity index (χ2n) is 5.83. The normalized spacial score (nSPS) is 11.5. The first kappa shape index (κ1) is 17.9. The highest BCUT2D eigenvalue weighted by Crippen LogP contribution is 2.19. The highest BCUT2D eigenvalue weighted by molar-refractivity contribution is 7.13. The van der Waals surface area contributed by atoms with E-state index in [0.717, 1.165) is 11.1 Å². The van der Waals surface area contributed by atoms with Gasteiger partial charge in [0.15, 0.2) is 5.13 Å². The number of carbonyl (C=O) groups is 1. The predicted octanol–water partition coefficient (Wildman–Crippen LogP) is 4.77. The monoisotopic (exact) mass is 391 g/mol. The number of aromatic nitrogens is 1. The lowest BCUT2D eigenvalue weighted by molar-refractivity contribution is 0.102. The van der Waals surface area contributed by atoms with Gasteiger partial charge in [-0.15, -0.1) is 11.3 Å². The minimum atomic E-state index is -0.325. The minimum absolute atomic E-state index is 0.233. The number of nitrogens with zero attached hydrogens (tertiary/aromatic N) is 2. The third-order valence-electron chi connectivity index (χ3n) is 3.93. The highest BCUT2D eigenvalue weighted by atomic mass is 32.1. The Bertz CT molecular complexity index is 1170. The number of carbonyl (C=O) groups excluding carboxylic acids is 1. The Morgan fingerprint density at radius 1 is 1.21 bits per heavy atom. The molecule has 6 nitrogen and oxygen atoms in total. The lowest BCUT2D eigenvalue weighted by Gasteiger charge is -2.05. The smallest absolute Gasteiger partial charge is 0.262 e. The van der Waals surface area contributed by atoms with E-state index in [1.54, 1.807) is 17.6 Å².